The Kier molecular flexibility index (Phi) is 5.18. The lowest BCUT2D eigenvalue weighted by Gasteiger charge is -2.31. The summed E-state index contributed by atoms with van der Waals surface area (Å²) in [5.74, 6) is 0.267. The molecule has 3 heterocycles. The Morgan fingerprint density at radius 3 is 2.79 bits per heavy atom. The minimum atomic E-state index is -0.302. The average molecular weight is 396 g/mol. The highest BCUT2D eigenvalue weighted by Crippen LogP contribution is 2.19. The van der Waals surface area contributed by atoms with Crippen LogP contribution in [-0.2, 0) is 6.54 Å². The van der Waals surface area contributed by atoms with E-state index in [-0.39, 0.29) is 17.0 Å². The van der Waals surface area contributed by atoms with Gasteiger partial charge in [-0.3, -0.25) is 14.2 Å². The molecule has 0 bridgehead atoms. The van der Waals surface area contributed by atoms with Gasteiger partial charge in [0.1, 0.15) is 11.2 Å². The summed E-state index contributed by atoms with van der Waals surface area (Å²) in [7, 11) is 0. The summed E-state index contributed by atoms with van der Waals surface area (Å²) in [6.07, 6.45) is 3.75. The highest BCUT2D eigenvalue weighted by atomic mass is 35.5. The van der Waals surface area contributed by atoms with E-state index in [0.717, 1.165) is 23.8 Å². The summed E-state index contributed by atoms with van der Waals surface area (Å²) >= 11 is 5.97. The number of carbonyl (C=O) groups excluding carboxylic acids is 1. The SMILES string of the molecule is C[C@@H]1CCCN(C(=O)c2cc3cccnc3n(Cc3ccc(Cl)cc3)c2=O)C1. The number of benzene rings is 1. The van der Waals surface area contributed by atoms with Gasteiger partial charge >= 0.3 is 0 Å². The van der Waals surface area contributed by atoms with Crippen molar-refractivity contribution in [1.29, 1.82) is 0 Å². The number of carbonyl (C=O) groups is 1. The van der Waals surface area contributed by atoms with E-state index in [1.807, 2.05) is 24.3 Å². The molecular formula is C22H22ClN3O2. The summed E-state index contributed by atoms with van der Waals surface area (Å²) in [6, 6.07) is 12.7. The monoisotopic (exact) mass is 395 g/mol. The molecular weight excluding hydrogens is 374 g/mol. The Morgan fingerprint density at radius 1 is 1.25 bits per heavy atom. The summed E-state index contributed by atoms with van der Waals surface area (Å²) in [6.45, 7) is 3.87. The zero-order chi connectivity index (χ0) is 19.7. The van der Waals surface area contributed by atoms with E-state index in [2.05, 4.69) is 11.9 Å². The lowest BCUT2D eigenvalue weighted by Crippen LogP contribution is -2.42. The van der Waals surface area contributed by atoms with Crippen LogP contribution in [0.4, 0.5) is 0 Å². The lowest BCUT2D eigenvalue weighted by molar-refractivity contribution is 0.0681. The molecule has 5 nitrogen and oxygen atoms in total. The first-order valence-electron chi connectivity index (χ1n) is 9.55. The molecule has 6 heteroatoms. The molecule has 144 valence electrons. The zero-order valence-electron chi connectivity index (χ0n) is 15.8. The topological polar surface area (TPSA) is 55.2 Å². The van der Waals surface area contributed by atoms with Gasteiger partial charge in [0.15, 0.2) is 0 Å². The standard InChI is InChI=1S/C22H22ClN3O2/c1-15-4-3-11-25(13-15)21(27)19-12-17-5-2-10-24-20(17)26(22(19)28)14-16-6-8-18(23)9-7-16/h2,5-10,12,15H,3-4,11,13-14H2,1H3/t15-/m1/s1. The fourth-order valence-electron chi connectivity index (χ4n) is 3.82. The molecule has 0 spiro atoms. The van der Waals surface area contributed by atoms with E-state index in [1.54, 1.807) is 33.9 Å². The molecule has 0 N–H and O–H groups in total. The van der Waals surface area contributed by atoms with Crippen molar-refractivity contribution >= 4 is 28.5 Å². The molecule has 1 aromatic carbocycles. The highest BCUT2D eigenvalue weighted by Gasteiger charge is 2.25. The zero-order valence-corrected chi connectivity index (χ0v) is 16.5. The van der Waals surface area contributed by atoms with Gasteiger partial charge < -0.3 is 4.90 Å². The van der Waals surface area contributed by atoms with Gasteiger partial charge in [-0.15, -0.1) is 0 Å². The minimum absolute atomic E-state index is 0.188. The fraction of sp³-hybridized carbons (Fsp3) is 0.318. The van der Waals surface area contributed by atoms with Gasteiger partial charge in [-0.2, -0.15) is 0 Å². The molecule has 0 saturated carbocycles. The van der Waals surface area contributed by atoms with Crippen molar-refractivity contribution < 1.29 is 4.79 Å². The van der Waals surface area contributed by atoms with Crippen LogP contribution >= 0.6 is 11.6 Å². The largest absolute Gasteiger partial charge is 0.338 e. The Morgan fingerprint density at radius 2 is 2.04 bits per heavy atom. The van der Waals surface area contributed by atoms with Crippen LogP contribution in [-0.4, -0.2) is 33.4 Å². The number of fused-ring (bicyclic) bond motifs is 1. The van der Waals surface area contributed by atoms with Crippen molar-refractivity contribution in [3.05, 3.63) is 75.2 Å². The summed E-state index contributed by atoms with van der Waals surface area (Å²) in [5, 5.41) is 1.42. The van der Waals surface area contributed by atoms with Gasteiger partial charge in [0.05, 0.1) is 6.54 Å². The van der Waals surface area contributed by atoms with Crippen molar-refractivity contribution in [3.63, 3.8) is 0 Å². The predicted molar refractivity (Wildman–Crippen MR) is 111 cm³/mol. The van der Waals surface area contributed by atoms with E-state index in [9.17, 15) is 9.59 Å². The third-order valence-electron chi connectivity index (χ3n) is 5.28. The Bertz CT molecular complexity index is 1080. The molecule has 1 aliphatic rings. The number of pyridine rings is 2. The number of aromatic nitrogens is 2. The van der Waals surface area contributed by atoms with Crippen molar-refractivity contribution in [1.82, 2.24) is 14.5 Å². The molecule has 1 fully saturated rings. The maximum Gasteiger partial charge on any atom is 0.265 e. The Hall–Kier alpha value is -2.66. The van der Waals surface area contributed by atoms with Crippen LogP contribution < -0.4 is 5.56 Å². The van der Waals surface area contributed by atoms with Gasteiger partial charge in [-0.1, -0.05) is 30.7 Å². The third kappa shape index (κ3) is 3.67. The van der Waals surface area contributed by atoms with Crippen LogP contribution in [0.5, 0.6) is 0 Å². The van der Waals surface area contributed by atoms with E-state index >= 15 is 0 Å². The van der Waals surface area contributed by atoms with E-state index in [1.165, 1.54) is 0 Å². The number of amides is 1. The number of hydrogen-bond acceptors (Lipinski definition) is 3. The van der Waals surface area contributed by atoms with Crippen LogP contribution in [0, 0.1) is 5.92 Å². The van der Waals surface area contributed by atoms with Crippen molar-refractivity contribution in [3.8, 4) is 0 Å². The second-order valence-corrected chi connectivity index (χ2v) is 7.93. The first-order chi connectivity index (χ1) is 13.5. The normalized spacial score (nSPS) is 17.1. The van der Waals surface area contributed by atoms with E-state index in [0.29, 0.717) is 36.2 Å². The first-order valence-corrected chi connectivity index (χ1v) is 9.93. The van der Waals surface area contributed by atoms with Gasteiger partial charge in [0.25, 0.3) is 11.5 Å². The maximum atomic E-state index is 13.3. The van der Waals surface area contributed by atoms with Crippen molar-refractivity contribution in [2.75, 3.05) is 13.1 Å². The quantitative estimate of drug-likeness (QED) is 0.674. The van der Waals surface area contributed by atoms with Crippen LogP contribution in [0.25, 0.3) is 11.0 Å². The number of rotatable bonds is 3. The molecule has 0 radical (unpaired) electrons. The molecule has 1 aliphatic heterocycles. The second kappa shape index (κ2) is 7.76. The molecule has 4 rings (SSSR count). The third-order valence-corrected chi connectivity index (χ3v) is 5.53. The minimum Gasteiger partial charge on any atom is -0.338 e. The van der Waals surface area contributed by atoms with Crippen molar-refractivity contribution in [2.24, 2.45) is 5.92 Å². The fourth-order valence-corrected chi connectivity index (χ4v) is 3.95. The van der Waals surface area contributed by atoms with Crippen LogP contribution in [0.3, 0.4) is 0 Å². The van der Waals surface area contributed by atoms with E-state index in [4.69, 9.17) is 11.6 Å². The van der Waals surface area contributed by atoms with Gasteiger partial charge in [-0.05, 0) is 54.7 Å². The van der Waals surface area contributed by atoms with Crippen LogP contribution in [0.2, 0.25) is 5.02 Å². The van der Waals surface area contributed by atoms with Crippen LogP contribution in [0.15, 0.2) is 53.5 Å². The van der Waals surface area contributed by atoms with Gasteiger partial charge in [0, 0.05) is 29.7 Å². The smallest absolute Gasteiger partial charge is 0.265 e. The number of piperidine rings is 1. The molecule has 0 unspecified atom stereocenters. The number of hydrogen-bond donors (Lipinski definition) is 0. The molecule has 2 aromatic heterocycles. The summed E-state index contributed by atoms with van der Waals surface area (Å²) in [4.78, 5) is 32.6. The number of halogens is 1. The molecule has 3 aromatic rings. The predicted octanol–water partition coefficient (Wildman–Crippen LogP) is 3.97. The van der Waals surface area contributed by atoms with Gasteiger partial charge in [-0.25, -0.2) is 4.98 Å². The molecule has 28 heavy (non-hydrogen) atoms. The Labute approximate surface area is 168 Å². The van der Waals surface area contributed by atoms with Crippen molar-refractivity contribution in [2.45, 2.75) is 26.3 Å². The molecule has 1 amide bonds. The highest BCUT2D eigenvalue weighted by molar-refractivity contribution is 6.30. The summed E-state index contributed by atoms with van der Waals surface area (Å²) in [5.41, 5.74) is 1.41. The molecule has 1 saturated heterocycles. The molecule has 1 atom stereocenters. The Balaban J connectivity index is 1.79. The first kappa shape index (κ1) is 18.7. The van der Waals surface area contributed by atoms with Crippen LogP contribution in [0.1, 0.15) is 35.7 Å². The molecule has 0 aliphatic carbocycles. The summed E-state index contributed by atoms with van der Waals surface area (Å²) < 4.78 is 1.58. The second-order valence-electron chi connectivity index (χ2n) is 7.49. The van der Waals surface area contributed by atoms with Gasteiger partial charge in [0.2, 0.25) is 0 Å². The average Bonchev–Trinajstić information content (AvgIpc) is 2.71. The number of likely N-dealkylation sites (tertiary alicyclic amines) is 1. The number of nitrogens with zero attached hydrogens (tertiary/aromatic N) is 3. The lowest BCUT2D eigenvalue weighted by atomic mass is 9.99. The maximum absolute atomic E-state index is 13.3. The van der Waals surface area contributed by atoms with E-state index < -0.39 is 0 Å².